The van der Waals surface area contributed by atoms with Crippen LogP contribution in [0.25, 0.3) is 0 Å². The summed E-state index contributed by atoms with van der Waals surface area (Å²) < 4.78 is 5.89. The average molecular weight is 240 g/mol. The first-order valence-corrected chi connectivity index (χ1v) is 7.28. The number of fused-ring (bicyclic) bond motifs is 1. The van der Waals surface area contributed by atoms with Gasteiger partial charge in [0.2, 0.25) is 0 Å². The molecule has 0 aromatic carbocycles. The number of nitrogens with zero attached hydrogens (tertiary/aromatic N) is 1. The zero-order valence-corrected chi connectivity index (χ0v) is 11.4. The molecule has 0 spiro atoms. The quantitative estimate of drug-likeness (QED) is 0.817. The Kier molecular flexibility index (Phi) is 4.83. The van der Waals surface area contributed by atoms with Crippen LogP contribution in [0.5, 0.6) is 0 Å². The number of hydrogen-bond donors (Lipinski definition) is 1. The highest BCUT2D eigenvalue weighted by Gasteiger charge is 2.34. The summed E-state index contributed by atoms with van der Waals surface area (Å²) in [6, 6.07) is 0.978. The van der Waals surface area contributed by atoms with Crippen molar-refractivity contribution in [1.29, 1.82) is 0 Å². The fraction of sp³-hybridized carbons (Fsp3) is 1.00. The minimum absolute atomic E-state index is 0.329. The summed E-state index contributed by atoms with van der Waals surface area (Å²) in [4.78, 5) is 2.60. The predicted molar refractivity (Wildman–Crippen MR) is 71.0 cm³/mol. The Hall–Kier alpha value is -0.120. The zero-order valence-electron chi connectivity index (χ0n) is 11.4. The lowest BCUT2D eigenvalue weighted by atomic mass is 9.89. The molecule has 1 saturated heterocycles. The molecular weight excluding hydrogens is 212 g/mol. The Balaban J connectivity index is 1.85. The normalized spacial score (nSPS) is 32.5. The van der Waals surface area contributed by atoms with Crippen molar-refractivity contribution >= 4 is 0 Å². The molecule has 0 bridgehead atoms. The highest BCUT2D eigenvalue weighted by molar-refractivity contribution is 4.88. The third-order valence-corrected chi connectivity index (χ3v) is 4.09. The maximum Gasteiger partial charge on any atom is 0.0730 e. The molecular formula is C14H28N2O. The molecule has 1 aliphatic heterocycles. The molecule has 3 nitrogen and oxygen atoms in total. The number of nitrogens with two attached hydrogens (primary N) is 1. The van der Waals surface area contributed by atoms with Gasteiger partial charge in [-0.15, -0.1) is 0 Å². The molecule has 1 saturated carbocycles. The fourth-order valence-electron chi connectivity index (χ4n) is 3.38. The summed E-state index contributed by atoms with van der Waals surface area (Å²) in [6.45, 7) is 7.54. The Bertz CT molecular complexity index is 230. The molecule has 0 aromatic heterocycles. The molecule has 100 valence electrons. The molecule has 1 aliphatic carbocycles. The van der Waals surface area contributed by atoms with E-state index >= 15 is 0 Å². The van der Waals surface area contributed by atoms with Gasteiger partial charge in [0.05, 0.1) is 12.7 Å². The summed E-state index contributed by atoms with van der Waals surface area (Å²) in [5.74, 6) is 0.702. The van der Waals surface area contributed by atoms with Crippen molar-refractivity contribution in [2.45, 2.75) is 64.1 Å². The van der Waals surface area contributed by atoms with Crippen LogP contribution in [0.1, 0.15) is 46.0 Å². The molecule has 0 radical (unpaired) electrons. The Labute approximate surface area is 106 Å². The second kappa shape index (κ2) is 6.17. The van der Waals surface area contributed by atoms with E-state index in [1.807, 2.05) is 0 Å². The van der Waals surface area contributed by atoms with Crippen LogP contribution in [-0.2, 0) is 4.74 Å². The van der Waals surface area contributed by atoms with Crippen molar-refractivity contribution in [3.63, 3.8) is 0 Å². The SMILES string of the molecule is CC(C)C[C@@H](N)CN1CCOC2CCCCC21. The van der Waals surface area contributed by atoms with Gasteiger partial charge in [0.25, 0.3) is 0 Å². The van der Waals surface area contributed by atoms with Gasteiger partial charge in [0.15, 0.2) is 0 Å². The van der Waals surface area contributed by atoms with Crippen LogP contribution in [0.3, 0.4) is 0 Å². The molecule has 1 heterocycles. The Morgan fingerprint density at radius 3 is 2.82 bits per heavy atom. The molecule has 2 unspecified atom stereocenters. The van der Waals surface area contributed by atoms with E-state index in [4.69, 9.17) is 10.5 Å². The predicted octanol–water partition coefficient (Wildman–Crippen LogP) is 2.00. The lowest BCUT2D eigenvalue weighted by Crippen LogP contribution is -2.55. The summed E-state index contributed by atoms with van der Waals surface area (Å²) in [7, 11) is 0. The van der Waals surface area contributed by atoms with Crippen molar-refractivity contribution in [3.05, 3.63) is 0 Å². The molecule has 2 fully saturated rings. The van der Waals surface area contributed by atoms with Crippen molar-refractivity contribution in [2.75, 3.05) is 19.7 Å². The van der Waals surface area contributed by atoms with Crippen LogP contribution < -0.4 is 5.73 Å². The lowest BCUT2D eigenvalue weighted by molar-refractivity contribution is -0.0896. The van der Waals surface area contributed by atoms with Crippen LogP contribution in [0.4, 0.5) is 0 Å². The van der Waals surface area contributed by atoms with Gasteiger partial charge in [-0.1, -0.05) is 26.7 Å². The first-order valence-electron chi connectivity index (χ1n) is 7.28. The van der Waals surface area contributed by atoms with E-state index in [0.29, 0.717) is 24.1 Å². The van der Waals surface area contributed by atoms with E-state index in [9.17, 15) is 0 Å². The third-order valence-electron chi connectivity index (χ3n) is 4.09. The fourth-order valence-corrected chi connectivity index (χ4v) is 3.38. The van der Waals surface area contributed by atoms with Crippen molar-refractivity contribution < 1.29 is 4.74 Å². The van der Waals surface area contributed by atoms with Gasteiger partial charge in [-0.25, -0.2) is 0 Å². The van der Waals surface area contributed by atoms with E-state index < -0.39 is 0 Å². The van der Waals surface area contributed by atoms with E-state index in [0.717, 1.165) is 26.1 Å². The highest BCUT2D eigenvalue weighted by Crippen LogP contribution is 2.28. The minimum atomic E-state index is 0.329. The van der Waals surface area contributed by atoms with Crippen molar-refractivity contribution in [2.24, 2.45) is 11.7 Å². The van der Waals surface area contributed by atoms with Crippen molar-refractivity contribution in [1.82, 2.24) is 4.90 Å². The Morgan fingerprint density at radius 2 is 2.06 bits per heavy atom. The van der Waals surface area contributed by atoms with Crippen LogP contribution in [0.2, 0.25) is 0 Å². The summed E-state index contributed by atoms with van der Waals surface area (Å²) in [6.07, 6.45) is 6.88. The zero-order chi connectivity index (χ0) is 12.3. The topological polar surface area (TPSA) is 38.5 Å². The second-order valence-corrected chi connectivity index (χ2v) is 6.15. The maximum absolute atomic E-state index is 6.24. The number of morpholine rings is 1. The van der Waals surface area contributed by atoms with E-state index in [-0.39, 0.29) is 0 Å². The van der Waals surface area contributed by atoms with Gasteiger partial charge in [-0.3, -0.25) is 4.90 Å². The van der Waals surface area contributed by atoms with Crippen molar-refractivity contribution in [3.8, 4) is 0 Å². The number of rotatable bonds is 4. The molecule has 2 N–H and O–H groups in total. The van der Waals surface area contributed by atoms with Gasteiger partial charge in [0.1, 0.15) is 0 Å². The Morgan fingerprint density at radius 1 is 1.29 bits per heavy atom. The van der Waals surface area contributed by atoms with E-state index in [1.54, 1.807) is 0 Å². The van der Waals surface area contributed by atoms with E-state index in [1.165, 1.54) is 25.7 Å². The van der Waals surface area contributed by atoms with Crippen LogP contribution in [0.15, 0.2) is 0 Å². The van der Waals surface area contributed by atoms with Gasteiger partial charge >= 0.3 is 0 Å². The lowest BCUT2D eigenvalue weighted by Gasteiger charge is -2.44. The second-order valence-electron chi connectivity index (χ2n) is 6.15. The first kappa shape index (κ1) is 13.3. The van der Waals surface area contributed by atoms with Gasteiger partial charge in [0, 0.05) is 25.2 Å². The highest BCUT2D eigenvalue weighted by atomic mass is 16.5. The van der Waals surface area contributed by atoms with E-state index in [2.05, 4.69) is 18.7 Å². The largest absolute Gasteiger partial charge is 0.375 e. The summed E-state index contributed by atoms with van der Waals surface area (Å²) in [5.41, 5.74) is 6.24. The van der Waals surface area contributed by atoms with Gasteiger partial charge < -0.3 is 10.5 Å². The van der Waals surface area contributed by atoms with Crippen LogP contribution in [-0.4, -0.2) is 42.8 Å². The molecule has 2 rings (SSSR count). The number of ether oxygens (including phenoxy) is 1. The molecule has 0 amide bonds. The molecule has 3 heteroatoms. The first-order chi connectivity index (χ1) is 8.16. The standard InChI is InChI=1S/C14H28N2O/c1-11(2)9-12(15)10-16-7-8-17-14-6-4-3-5-13(14)16/h11-14H,3-10,15H2,1-2H3/t12-,13?,14?/m1/s1. The van der Waals surface area contributed by atoms with Crippen LogP contribution in [0, 0.1) is 5.92 Å². The molecule has 2 aliphatic rings. The molecule has 0 aromatic rings. The summed E-state index contributed by atoms with van der Waals surface area (Å²) in [5, 5.41) is 0. The van der Waals surface area contributed by atoms with Gasteiger partial charge in [-0.05, 0) is 25.2 Å². The summed E-state index contributed by atoms with van der Waals surface area (Å²) >= 11 is 0. The smallest absolute Gasteiger partial charge is 0.0730 e. The average Bonchev–Trinajstić information content (AvgIpc) is 2.28. The van der Waals surface area contributed by atoms with Gasteiger partial charge in [-0.2, -0.15) is 0 Å². The maximum atomic E-state index is 6.24. The monoisotopic (exact) mass is 240 g/mol. The van der Waals surface area contributed by atoms with Crippen LogP contribution >= 0.6 is 0 Å². The third kappa shape index (κ3) is 3.67. The molecule has 17 heavy (non-hydrogen) atoms. The minimum Gasteiger partial charge on any atom is -0.375 e. The number of hydrogen-bond acceptors (Lipinski definition) is 3. The molecule has 3 atom stereocenters.